The van der Waals surface area contributed by atoms with Crippen molar-refractivity contribution in [3.05, 3.63) is 22.8 Å². The molecule has 1 amide bonds. The van der Waals surface area contributed by atoms with Crippen LogP contribution in [-0.4, -0.2) is 45.2 Å². The lowest BCUT2D eigenvalue weighted by atomic mass is 9.89. The van der Waals surface area contributed by atoms with E-state index in [0.29, 0.717) is 31.4 Å². The Labute approximate surface area is 168 Å². The van der Waals surface area contributed by atoms with Crippen molar-refractivity contribution in [2.24, 2.45) is 5.92 Å². The minimum Gasteiger partial charge on any atom is -0.351 e. The van der Waals surface area contributed by atoms with Gasteiger partial charge in [-0.25, -0.2) is 9.88 Å². The molecule has 2 fully saturated rings. The number of H-pyrrole nitrogens is 1. The summed E-state index contributed by atoms with van der Waals surface area (Å²) in [6.07, 6.45) is 2.76. The molecular weight excluding hydrogens is 393 g/mol. The fourth-order valence-corrected chi connectivity index (χ4v) is 4.32. The second kappa shape index (κ2) is 9.31. The third-order valence-corrected chi connectivity index (χ3v) is 6.00. The van der Waals surface area contributed by atoms with Crippen molar-refractivity contribution in [1.82, 2.24) is 5.32 Å². The van der Waals surface area contributed by atoms with Crippen molar-refractivity contribution in [2.75, 3.05) is 44.2 Å². The standard InChI is InChI=1S/C19H26ClF3N4O/c20-16-10-15(19(21,22)23)12-25-18(16)27-8-6-26(7-9-27)13-17(28)24-11-14-4-2-1-3-5-14/h10,12,14H,1-9,11,13H2,(H,24,28)/p+2. The molecule has 5 nitrogen and oxygen atoms in total. The maximum absolute atomic E-state index is 12.8. The van der Waals surface area contributed by atoms with Gasteiger partial charge in [-0.1, -0.05) is 30.9 Å². The number of quaternary nitrogens is 1. The lowest BCUT2D eigenvalue weighted by molar-refractivity contribution is -0.892. The summed E-state index contributed by atoms with van der Waals surface area (Å²) < 4.78 is 38.3. The van der Waals surface area contributed by atoms with E-state index in [1.54, 1.807) is 0 Å². The summed E-state index contributed by atoms with van der Waals surface area (Å²) in [7, 11) is 0. The first kappa shape index (κ1) is 21.2. The molecule has 1 aromatic heterocycles. The van der Waals surface area contributed by atoms with Crippen molar-refractivity contribution >= 4 is 23.3 Å². The highest BCUT2D eigenvalue weighted by molar-refractivity contribution is 6.32. The van der Waals surface area contributed by atoms with Gasteiger partial charge in [-0.3, -0.25) is 4.79 Å². The topological polar surface area (TPSA) is 50.9 Å². The van der Waals surface area contributed by atoms with E-state index in [2.05, 4.69) is 10.3 Å². The average molecular weight is 421 g/mol. The summed E-state index contributed by atoms with van der Waals surface area (Å²) in [5, 5.41) is 3.12. The van der Waals surface area contributed by atoms with Crippen LogP contribution >= 0.6 is 11.6 Å². The van der Waals surface area contributed by atoms with Crippen LogP contribution in [0.3, 0.4) is 0 Å². The number of piperazine rings is 1. The molecule has 2 aliphatic rings. The van der Waals surface area contributed by atoms with Crippen LogP contribution in [0, 0.1) is 5.92 Å². The number of halogens is 4. The van der Waals surface area contributed by atoms with Gasteiger partial charge in [-0.05, 0) is 24.8 Å². The molecule has 1 saturated carbocycles. The Bertz CT molecular complexity index is 672. The van der Waals surface area contributed by atoms with Gasteiger partial charge in [0.05, 0.1) is 5.56 Å². The number of hydrogen-bond donors (Lipinski definition) is 2. The van der Waals surface area contributed by atoms with E-state index in [1.807, 2.05) is 4.90 Å². The third kappa shape index (κ3) is 5.73. The number of hydrogen-bond acceptors (Lipinski definition) is 2. The van der Waals surface area contributed by atoms with E-state index in [-0.39, 0.29) is 10.9 Å². The molecule has 156 valence electrons. The molecule has 0 unspecified atom stereocenters. The Morgan fingerprint density at radius 3 is 2.54 bits per heavy atom. The number of amides is 1. The monoisotopic (exact) mass is 420 g/mol. The highest BCUT2D eigenvalue weighted by Crippen LogP contribution is 2.32. The van der Waals surface area contributed by atoms with Crippen LogP contribution in [-0.2, 0) is 11.0 Å². The van der Waals surface area contributed by atoms with Crippen molar-refractivity contribution in [3.8, 4) is 0 Å². The molecule has 2 heterocycles. The molecule has 0 spiro atoms. The highest BCUT2D eigenvalue weighted by Gasteiger charge is 2.35. The van der Waals surface area contributed by atoms with Gasteiger partial charge >= 0.3 is 6.18 Å². The number of aromatic amines is 1. The zero-order valence-electron chi connectivity index (χ0n) is 15.9. The normalized spacial score (nSPS) is 19.6. The molecular formula is C19H28ClF3N4O+2. The van der Waals surface area contributed by atoms with E-state index in [1.165, 1.54) is 37.0 Å². The molecule has 0 bridgehead atoms. The quantitative estimate of drug-likeness (QED) is 0.759. The van der Waals surface area contributed by atoms with Crippen molar-refractivity contribution < 1.29 is 27.8 Å². The molecule has 28 heavy (non-hydrogen) atoms. The summed E-state index contributed by atoms with van der Waals surface area (Å²) in [5.74, 6) is 1.19. The van der Waals surface area contributed by atoms with Crippen LogP contribution in [0.2, 0.25) is 5.02 Å². The van der Waals surface area contributed by atoms with E-state index >= 15 is 0 Å². The molecule has 3 rings (SSSR count). The van der Waals surface area contributed by atoms with E-state index in [0.717, 1.165) is 31.9 Å². The van der Waals surface area contributed by atoms with E-state index < -0.39 is 11.7 Å². The SMILES string of the molecule is O=C(C[NH+]1CCN(c2[nH+]cc(C(F)(F)F)cc2Cl)CC1)NCC1CCCCC1. The molecule has 0 aromatic carbocycles. The van der Waals surface area contributed by atoms with Crippen LogP contribution in [0.4, 0.5) is 19.0 Å². The lowest BCUT2D eigenvalue weighted by Gasteiger charge is -2.28. The van der Waals surface area contributed by atoms with E-state index in [9.17, 15) is 18.0 Å². The maximum Gasteiger partial charge on any atom is 0.419 e. The van der Waals surface area contributed by atoms with Gasteiger partial charge in [0.1, 0.15) is 37.4 Å². The summed E-state index contributed by atoms with van der Waals surface area (Å²) in [5.41, 5.74) is -0.792. The number of rotatable bonds is 5. The second-order valence-corrected chi connectivity index (χ2v) is 8.21. The summed E-state index contributed by atoms with van der Waals surface area (Å²) in [4.78, 5) is 18.0. The molecule has 1 aliphatic carbocycles. The summed E-state index contributed by atoms with van der Waals surface area (Å²) in [6.45, 7) is 3.95. The number of alkyl halides is 3. The van der Waals surface area contributed by atoms with Gasteiger partial charge < -0.3 is 10.2 Å². The first-order chi connectivity index (χ1) is 13.3. The second-order valence-electron chi connectivity index (χ2n) is 7.80. The van der Waals surface area contributed by atoms with Gasteiger partial charge in [0.2, 0.25) is 0 Å². The van der Waals surface area contributed by atoms with Crippen molar-refractivity contribution in [3.63, 3.8) is 0 Å². The van der Waals surface area contributed by atoms with Crippen LogP contribution in [0.5, 0.6) is 0 Å². The first-order valence-electron chi connectivity index (χ1n) is 9.96. The molecule has 1 saturated heterocycles. The molecule has 0 radical (unpaired) electrons. The lowest BCUT2D eigenvalue weighted by Crippen LogP contribution is -3.16. The Balaban J connectivity index is 1.44. The smallest absolute Gasteiger partial charge is 0.351 e. The number of nitrogens with one attached hydrogen (secondary N) is 3. The van der Waals surface area contributed by atoms with Gasteiger partial charge in [-0.2, -0.15) is 13.2 Å². The number of carbonyl (C=O) groups excluding carboxylic acids is 1. The third-order valence-electron chi connectivity index (χ3n) is 5.71. The molecule has 0 atom stereocenters. The Hall–Kier alpha value is -1.54. The van der Waals surface area contributed by atoms with Crippen LogP contribution in [0.25, 0.3) is 0 Å². The molecule has 1 aliphatic heterocycles. The van der Waals surface area contributed by atoms with Gasteiger partial charge in [0, 0.05) is 6.54 Å². The number of pyridine rings is 1. The fraction of sp³-hybridized carbons (Fsp3) is 0.684. The number of nitrogens with zero attached hydrogens (tertiary/aromatic N) is 1. The zero-order chi connectivity index (χ0) is 20.1. The Morgan fingerprint density at radius 1 is 1.25 bits per heavy atom. The van der Waals surface area contributed by atoms with Crippen LogP contribution < -0.4 is 20.1 Å². The predicted octanol–water partition coefficient (Wildman–Crippen LogP) is 1.57. The highest BCUT2D eigenvalue weighted by atomic mass is 35.5. The number of anilines is 1. The zero-order valence-corrected chi connectivity index (χ0v) is 16.6. The fourth-order valence-electron chi connectivity index (χ4n) is 4.03. The Kier molecular flexibility index (Phi) is 7.04. The average Bonchev–Trinajstić information content (AvgIpc) is 2.67. The summed E-state index contributed by atoms with van der Waals surface area (Å²) in [6, 6.07) is 0.950. The first-order valence-corrected chi connectivity index (χ1v) is 10.3. The van der Waals surface area contributed by atoms with Crippen molar-refractivity contribution in [1.29, 1.82) is 0 Å². The number of carbonyl (C=O) groups is 1. The summed E-state index contributed by atoms with van der Waals surface area (Å²) >= 11 is 6.06. The van der Waals surface area contributed by atoms with E-state index in [4.69, 9.17) is 11.6 Å². The largest absolute Gasteiger partial charge is 0.419 e. The Morgan fingerprint density at radius 2 is 1.93 bits per heavy atom. The predicted molar refractivity (Wildman–Crippen MR) is 100 cm³/mol. The minimum atomic E-state index is -4.42. The van der Waals surface area contributed by atoms with Gasteiger partial charge in [0.25, 0.3) is 11.7 Å². The maximum atomic E-state index is 12.8. The molecule has 9 heteroatoms. The van der Waals surface area contributed by atoms with Crippen LogP contribution in [0.1, 0.15) is 37.7 Å². The van der Waals surface area contributed by atoms with Crippen molar-refractivity contribution in [2.45, 2.75) is 38.3 Å². The molecule has 1 aromatic rings. The van der Waals surface area contributed by atoms with Gasteiger partial charge in [-0.15, -0.1) is 0 Å². The minimum absolute atomic E-state index is 0.0588. The number of aromatic nitrogens is 1. The van der Waals surface area contributed by atoms with Gasteiger partial charge in [0.15, 0.2) is 6.54 Å². The molecule has 3 N–H and O–H groups in total. The van der Waals surface area contributed by atoms with Crippen LogP contribution in [0.15, 0.2) is 12.3 Å².